The highest BCUT2D eigenvalue weighted by atomic mass is 19.1. The Morgan fingerprint density at radius 3 is 2.16 bits per heavy atom. The van der Waals surface area contributed by atoms with Gasteiger partial charge in [-0.1, -0.05) is 29.8 Å². The fourth-order valence-corrected chi connectivity index (χ4v) is 2.69. The summed E-state index contributed by atoms with van der Waals surface area (Å²) in [5.74, 6) is -0.848. The van der Waals surface area contributed by atoms with Crippen molar-refractivity contribution in [3.8, 4) is 11.8 Å². The zero-order chi connectivity index (χ0) is 22.9. The van der Waals surface area contributed by atoms with Gasteiger partial charge in [0.2, 0.25) is 0 Å². The summed E-state index contributed by atoms with van der Waals surface area (Å²) in [6.07, 6.45) is 1.42. The van der Waals surface area contributed by atoms with E-state index in [9.17, 15) is 19.2 Å². The topological polar surface area (TPSA) is 91.2 Å². The maximum absolute atomic E-state index is 13.0. The highest BCUT2D eigenvalue weighted by Crippen LogP contribution is 2.16. The molecule has 2 N–H and O–H groups in total. The van der Waals surface area contributed by atoms with Crippen molar-refractivity contribution >= 4 is 29.3 Å². The molecule has 32 heavy (non-hydrogen) atoms. The molecule has 0 aliphatic carbocycles. The van der Waals surface area contributed by atoms with Crippen LogP contribution in [0.25, 0.3) is 6.08 Å². The molecule has 0 heterocycles. The Bertz CT molecular complexity index is 1160. The van der Waals surface area contributed by atoms with Crippen LogP contribution in [0.2, 0.25) is 0 Å². The van der Waals surface area contributed by atoms with E-state index >= 15 is 0 Å². The van der Waals surface area contributed by atoms with Gasteiger partial charge in [-0.05, 0) is 67.1 Å². The van der Waals surface area contributed by atoms with Gasteiger partial charge in [0.25, 0.3) is 11.8 Å². The third-order valence-electron chi connectivity index (χ3n) is 4.36. The first kappa shape index (κ1) is 22.2. The second kappa shape index (κ2) is 10.5. The van der Waals surface area contributed by atoms with Gasteiger partial charge in [0.15, 0.2) is 6.61 Å². The van der Waals surface area contributed by atoms with Gasteiger partial charge in [-0.15, -0.1) is 0 Å². The molecule has 0 aliphatic rings. The molecule has 0 saturated heterocycles. The van der Waals surface area contributed by atoms with Crippen molar-refractivity contribution in [2.24, 2.45) is 0 Å². The van der Waals surface area contributed by atoms with Gasteiger partial charge >= 0.3 is 0 Å². The standard InChI is InChI=1S/C25H20FN3O3/c1-17-2-8-21(9-3-17)28-24(30)16-32-23-12-4-18(5-13-23)14-19(15-27)25(31)29-22-10-6-20(26)7-11-22/h2-14H,16H2,1H3,(H,28,30)(H,29,31)/b19-14+. The number of hydrogen-bond acceptors (Lipinski definition) is 4. The van der Waals surface area contributed by atoms with E-state index in [4.69, 9.17) is 4.74 Å². The smallest absolute Gasteiger partial charge is 0.266 e. The van der Waals surface area contributed by atoms with E-state index in [2.05, 4.69) is 10.6 Å². The lowest BCUT2D eigenvalue weighted by Crippen LogP contribution is -2.20. The molecular formula is C25H20FN3O3. The predicted octanol–water partition coefficient (Wildman–Crippen LogP) is 4.70. The molecule has 3 rings (SSSR count). The summed E-state index contributed by atoms with van der Waals surface area (Å²) in [6, 6.07) is 21.1. The Morgan fingerprint density at radius 2 is 1.53 bits per heavy atom. The summed E-state index contributed by atoms with van der Waals surface area (Å²) in [4.78, 5) is 24.3. The monoisotopic (exact) mass is 429 g/mol. The van der Waals surface area contributed by atoms with E-state index in [0.29, 0.717) is 22.7 Å². The van der Waals surface area contributed by atoms with E-state index in [0.717, 1.165) is 5.56 Å². The molecular weight excluding hydrogens is 409 g/mol. The molecule has 0 bridgehead atoms. The van der Waals surface area contributed by atoms with Crippen molar-refractivity contribution in [1.29, 1.82) is 5.26 Å². The third kappa shape index (κ3) is 6.54. The van der Waals surface area contributed by atoms with Crippen LogP contribution in [-0.4, -0.2) is 18.4 Å². The lowest BCUT2D eigenvalue weighted by Gasteiger charge is -2.08. The van der Waals surface area contributed by atoms with Crippen LogP contribution in [-0.2, 0) is 9.59 Å². The van der Waals surface area contributed by atoms with Crippen LogP contribution in [0.5, 0.6) is 5.75 Å². The molecule has 2 amide bonds. The van der Waals surface area contributed by atoms with Crippen LogP contribution < -0.4 is 15.4 Å². The summed E-state index contributed by atoms with van der Waals surface area (Å²) in [5.41, 5.74) is 2.66. The third-order valence-corrected chi connectivity index (χ3v) is 4.36. The second-order valence-electron chi connectivity index (χ2n) is 6.90. The number of ether oxygens (including phenoxy) is 1. The van der Waals surface area contributed by atoms with E-state index in [-0.39, 0.29) is 18.1 Å². The predicted molar refractivity (Wildman–Crippen MR) is 120 cm³/mol. The van der Waals surface area contributed by atoms with Crippen LogP contribution in [0.15, 0.2) is 78.4 Å². The fraction of sp³-hybridized carbons (Fsp3) is 0.0800. The van der Waals surface area contributed by atoms with Crippen molar-refractivity contribution < 1.29 is 18.7 Å². The zero-order valence-corrected chi connectivity index (χ0v) is 17.3. The van der Waals surface area contributed by atoms with Crippen LogP contribution in [0.1, 0.15) is 11.1 Å². The van der Waals surface area contributed by atoms with Crippen LogP contribution in [0.4, 0.5) is 15.8 Å². The molecule has 0 fully saturated rings. The number of nitriles is 1. The number of nitrogens with zero attached hydrogens (tertiary/aromatic N) is 1. The summed E-state index contributed by atoms with van der Waals surface area (Å²) < 4.78 is 18.4. The first-order valence-corrected chi connectivity index (χ1v) is 9.71. The second-order valence-corrected chi connectivity index (χ2v) is 6.90. The average molecular weight is 429 g/mol. The number of carbonyl (C=O) groups excluding carboxylic acids is 2. The summed E-state index contributed by atoms with van der Waals surface area (Å²) in [7, 11) is 0. The van der Waals surface area contributed by atoms with Crippen LogP contribution >= 0.6 is 0 Å². The van der Waals surface area contributed by atoms with Gasteiger partial charge in [0.05, 0.1) is 0 Å². The minimum Gasteiger partial charge on any atom is -0.484 e. The first-order chi connectivity index (χ1) is 15.4. The fourth-order valence-electron chi connectivity index (χ4n) is 2.69. The molecule has 0 aromatic heterocycles. The molecule has 3 aromatic rings. The number of nitrogens with one attached hydrogen (secondary N) is 2. The van der Waals surface area contributed by atoms with Crippen molar-refractivity contribution in [3.05, 3.63) is 95.3 Å². The van der Waals surface area contributed by atoms with E-state index < -0.39 is 11.7 Å². The lowest BCUT2D eigenvalue weighted by atomic mass is 10.1. The van der Waals surface area contributed by atoms with Crippen LogP contribution in [0, 0.1) is 24.1 Å². The van der Waals surface area contributed by atoms with Crippen molar-refractivity contribution in [3.63, 3.8) is 0 Å². The van der Waals surface area contributed by atoms with Gasteiger partial charge in [-0.2, -0.15) is 5.26 Å². The quantitative estimate of drug-likeness (QED) is 0.421. The van der Waals surface area contributed by atoms with Gasteiger partial charge in [0.1, 0.15) is 23.2 Å². The van der Waals surface area contributed by atoms with E-state index in [1.54, 1.807) is 24.3 Å². The summed E-state index contributed by atoms with van der Waals surface area (Å²) >= 11 is 0. The van der Waals surface area contributed by atoms with Gasteiger partial charge < -0.3 is 15.4 Å². The van der Waals surface area contributed by atoms with Gasteiger partial charge in [-0.3, -0.25) is 9.59 Å². The Labute approximate surface area is 185 Å². The normalized spacial score (nSPS) is 10.7. The van der Waals surface area contributed by atoms with E-state index in [1.807, 2.05) is 37.3 Å². The van der Waals surface area contributed by atoms with Crippen molar-refractivity contribution in [2.75, 3.05) is 17.2 Å². The summed E-state index contributed by atoms with van der Waals surface area (Å²) in [6.45, 7) is 1.80. The van der Waals surface area contributed by atoms with E-state index in [1.165, 1.54) is 30.3 Å². The highest BCUT2D eigenvalue weighted by molar-refractivity contribution is 6.09. The van der Waals surface area contributed by atoms with Gasteiger partial charge in [0, 0.05) is 11.4 Å². The molecule has 0 aliphatic heterocycles. The molecule has 6 nitrogen and oxygen atoms in total. The molecule has 0 unspecified atom stereocenters. The molecule has 3 aromatic carbocycles. The average Bonchev–Trinajstić information content (AvgIpc) is 2.80. The number of rotatable bonds is 7. The molecule has 7 heteroatoms. The number of carbonyl (C=O) groups is 2. The first-order valence-electron chi connectivity index (χ1n) is 9.71. The summed E-state index contributed by atoms with van der Waals surface area (Å²) in [5, 5.41) is 14.6. The Morgan fingerprint density at radius 1 is 0.938 bits per heavy atom. The molecule has 0 radical (unpaired) electrons. The Hall–Kier alpha value is -4.44. The minimum atomic E-state index is -0.604. The van der Waals surface area contributed by atoms with Crippen LogP contribution in [0.3, 0.4) is 0 Å². The number of hydrogen-bond donors (Lipinski definition) is 2. The number of benzene rings is 3. The highest BCUT2D eigenvalue weighted by Gasteiger charge is 2.10. The molecule has 0 spiro atoms. The SMILES string of the molecule is Cc1ccc(NC(=O)COc2ccc(/C=C(\C#N)C(=O)Nc3ccc(F)cc3)cc2)cc1. The van der Waals surface area contributed by atoms with Gasteiger partial charge in [-0.25, -0.2) is 4.39 Å². The largest absolute Gasteiger partial charge is 0.484 e. The minimum absolute atomic E-state index is 0.111. The zero-order valence-electron chi connectivity index (χ0n) is 17.3. The number of anilines is 2. The number of amides is 2. The van der Waals surface area contributed by atoms with Crippen molar-refractivity contribution in [1.82, 2.24) is 0 Å². The molecule has 0 saturated carbocycles. The Balaban J connectivity index is 1.56. The molecule has 0 atom stereocenters. The van der Waals surface area contributed by atoms with Crippen molar-refractivity contribution in [2.45, 2.75) is 6.92 Å². The number of aryl methyl sites for hydroxylation is 1. The lowest BCUT2D eigenvalue weighted by molar-refractivity contribution is -0.118. The maximum Gasteiger partial charge on any atom is 0.266 e. The Kier molecular flexibility index (Phi) is 7.33. The molecule has 160 valence electrons. The number of halogens is 1. The maximum atomic E-state index is 13.0.